The Kier molecular flexibility index (Phi) is 6.14. The van der Waals surface area contributed by atoms with Crippen LogP contribution in [0.15, 0.2) is 113 Å². The molecule has 4 aromatic carbocycles. The number of aromatic nitrogens is 2. The SMILES string of the molecule is N#Cc1ccccc1COc1cccc(C=Nn2c(-c3ccccc3)nc3ccccc3c2=O)c1. The average Bonchev–Trinajstić information content (AvgIpc) is 2.92. The minimum Gasteiger partial charge on any atom is -0.489 e. The molecule has 0 saturated carbocycles. The van der Waals surface area contributed by atoms with Crippen molar-refractivity contribution in [2.24, 2.45) is 5.10 Å². The fourth-order valence-corrected chi connectivity index (χ4v) is 3.73. The summed E-state index contributed by atoms with van der Waals surface area (Å²) in [6, 6.07) is 33.7. The van der Waals surface area contributed by atoms with Gasteiger partial charge in [0.25, 0.3) is 5.56 Å². The lowest BCUT2D eigenvalue weighted by Gasteiger charge is -2.10. The van der Waals surface area contributed by atoms with Gasteiger partial charge in [-0.2, -0.15) is 15.0 Å². The Hall–Kier alpha value is -5.02. The van der Waals surface area contributed by atoms with E-state index in [0.717, 1.165) is 16.7 Å². The highest BCUT2D eigenvalue weighted by Crippen LogP contribution is 2.19. The minimum absolute atomic E-state index is 0.244. The zero-order valence-electron chi connectivity index (χ0n) is 18.7. The molecule has 0 amide bonds. The molecule has 0 aliphatic rings. The Balaban J connectivity index is 1.48. The molecule has 168 valence electrons. The molecule has 5 rings (SSSR count). The van der Waals surface area contributed by atoms with E-state index in [-0.39, 0.29) is 12.2 Å². The largest absolute Gasteiger partial charge is 0.489 e. The van der Waals surface area contributed by atoms with E-state index in [1.807, 2.05) is 91.0 Å². The third-order valence-electron chi connectivity index (χ3n) is 5.50. The first kappa shape index (κ1) is 21.8. The predicted molar refractivity (Wildman–Crippen MR) is 136 cm³/mol. The summed E-state index contributed by atoms with van der Waals surface area (Å²) in [5.74, 6) is 1.10. The molecule has 0 N–H and O–H groups in total. The molecular weight excluding hydrogens is 436 g/mol. The number of benzene rings is 4. The lowest BCUT2D eigenvalue weighted by atomic mass is 10.1. The van der Waals surface area contributed by atoms with Crippen molar-refractivity contribution < 1.29 is 4.74 Å². The van der Waals surface area contributed by atoms with E-state index in [2.05, 4.69) is 11.2 Å². The molecule has 1 heterocycles. The van der Waals surface area contributed by atoms with Gasteiger partial charge in [-0.05, 0) is 35.9 Å². The van der Waals surface area contributed by atoms with Crippen LogP contribution in [0.1, 0.15) is 16.7 Å². The molecule has 0 fully saturated rings. The molecule has 0 radical (unpaired) electrons. The lowest BCUT2D eigenvalue weighted by Crippen LogP contribution is -2.20. The van der Waals surface area contributed by atoms with E-state index in [0.29, 0.717) is 28.0 Å². The first-order valence-electron chi connectivity index (χ1n) is 11.1. The average molecular weight is 457 g/mol. The van der Waals surface area contributed by atoms with Gasteiger partial charge in [-0.25, -0.2) is 4.98 Å². The minimum atomic E-state index is -0.244. The molecule has 35 heavy (non-hydrogen) atoms. The van der Waals surface area contributed by atoms with Crippen molar-refractivity contribution in [2.75, 3.05) is 0 Å². The van der Waals surface area contributed by atoms with Gasteiger partial charge >= 0.3 is 0 Å². The van der Waals surface area contributed by atoms with Crippen molar-refractivity contribution in [3.05, 3.63) is 130 Å². The molecule has 0 atom stereocenters. The Labute approximate surface area is 202 Å². The van der Waals surface area contributed by atoms with Gasteiger partial charge in [0.1, 0.15) is 12.4 Å². The van der Waals surface area contributed by atoms with Crippen LogP contribution in [0, 0.1) is 11.3 Å². The second-order valence-corrected chi connectivity index (χ2v) is 7.81. The van der Waals surface area contributed by atoms with Crippen molar-refractivity contribution in [1.82, 2.24) is 9.66 Å². The number of fused-ring (bicyclic) bond motifs is 1. The monoisotopic (exact) mass is 456 g/mol. The van der Waals surface area contributed by atoms with Gasteiger partial charge in [-0.15, -0.1) is 0 Å². The molecule has 0 unspecified atom stereocenters. The summed E-state index contributed by atoms with van der Waals surface area (Å²) in [6.07, 6.45) is 1.61. The number of rotatable bonds is 6. The van der Waals surface area contributed by atoms with Gasteiger partial charge in [0.2, 0.25) is 0 Å². The van der Waals surface area contributed by atoms with Gasteiger partial charge < -0.3 is 4.74 Å². The van der Waals surface area contributed by atoms with Crippen molar-refractivity contribution >= 4 is 17.1 Å². The smallest absolute Gasteiger partial charge is 0.282 e. The molecule has 1 aromatic heterocycles. The summed E-state index contributed by atoms with van der Waals surface area (Å²) < 4.78 is 7.24. The molecular formula is C29H20N4O2. The number of para-hydroxylation sites is 1. The van der Waals surface area contributed by atoms with Gasteiger partial charge in [0.15, 0.2) is 5.82 Å². The number of hydrogen-bond acceptors (Lipinski definition) is 5. The van der Waals surface area contributed by atoms with Gasteiger partial charge in [0, 0.05) is 11.1 Å². The number of nitrogens with zero attached hydrogens (tertiary/aromatic N) is 4. The van der Waals surface area contributed by atoms with Gasteiger partial charge in [0.05, 0.1) is 28.8 Å². The van der Waals surface area contributed by atoms with Crippen LogP contribution in [0.25, 0.3) is 22.3 Å². The van der Waals surface area contributed by atoms with Crippen LogP contribution in [-0.2, 0) is 6.61 Å². The quantitative estimate of drug-likeness (QED) is 0.321. The number of nitriles is 1. The van der Waals surface area contributed by atoms with Gasteiger partial charge in [-0.1, -0.05) is 72.8 Å². The zero-order valence-corrected chi connectivity index (χ0v) is 18.7. The van der Waals surface area contributed by atoms with Crippen LogP contribution in [0.2, 0.25) is 0 Å². The van der Waals surface area contributed by atoms with E-state index < -0.39 is 0 Å². The molecule has 6 nitrogen and oxygen atoms in total. The highest BCUT2D eigenvalue weighted by Gasteiger charge is 2.12. The van der Waals surface area contributed by atoms with Crippen molar-refractivity contribution in [3.63, 3.8) is 0 Å². The van der Waals surface area contributed by atoms with Crippen LogP contribution in [-0.4, -0.2) is 15.9 Å². The van der Waals surface area contributed by atoms with Crippen LogP contribution in [0.4, 0.5) is 0 Å². The fourth-order valence-electron chi connectivity index (χ4n) is 3.73. The standard InChI is InChI=1S/C29H20N4O2/c30-18-23-12-4-5-13-24(23)20-35-25-14-8-9-21(17-25)19-31-33-28(22-10-2-1-3-11-22)32-27-16-7-6-15-26(27)29(33)34/h1-17,19H,20H2. The summed E-state index contributed by atoms with van der Waals surface area (Å²) in [4.78, 5) is 18.0. The third-order valence-corrected chi connectivity index (χ3v) is 5.50. The second-order valence-electron chi connectivity index (χ2n) is 7.81. The highest BCUT2D eigenvalue weighted by atomic mass is 16.5. The van der Waals surface area contributed by atoms with E-state index in [1.54, 1.807) is 18.3 Å². The lowest BCUT2D eigenvalue weighted by molar-refractivity contribution is 0.306. The van der Waals surface area contributed by atoms with Crippen LogP contribution in [0.3, 0.4) is 0 Å². The highest BCUT2D eigenvalue weighted by molar-refractivity contribution is 5.82. The van der Waals surface area contributed by atoms with E-state index in [4.69, 9.17) is 9.72 Å². The Bertz CT molecular complexity index is 1630. The van der Waals surface area contributed by atoms with Gasteiger partial charge in [-0.3, -0.25) is 4.79 Å². The normalized spacial score (nSPS) is 10.9. The van der Waals surface area contributed by atoms with Crippen molar-refractivity contribution in [3.8, 4) is 23.2 Å². The summed E-state index contributed by atoms with van der Waals surface area (Å²) in [5.41, 5.74) is 3.33. The maximum absolute atomic E-state index is 13.3. The molecule has 6 heteroatoms. The zero-order chi connectivity index (χ0) is 24.0. The third kappa shape index (κ3) is 4.70. The summed E-state index contributed by atoms with van der Waals surface area (Å²) in [7, 11) is 0. The van der Waals surface area contributed by atoms with Crippen molar-refractivity contribution in [1.29, 1.82) is 5.26 Å². The molecule has 0 bridgehead atoms. The summed E-state index contributed by atoms with van der Waals surface area (Å²) >= 11 is 0. The molecule has 0 spiro atoms. The van der Waals surface area contributed by atoms with E-state index in [1.165, 1.54) is 4.68 Å². The van der Waals surface area contributed by atoms with Crippen LogP contribution in [0.5, 0.6) is 5.75 Å². The first-order chi connectivity index (χ1) is 17.2. The molecule has 0 aliphatic carbocycles. The molecule has 0 aliphatic heterocycles. The summed E-state index contributed by atoms with van der Waals surface area (Å²) in [6.45, 7) is 0.274. The Morgan fingerprint density at radius 2 is 1.69 bits per heavy atom. The topological polar surface area (TPSA) is 80.3 Å². The Morgan fingerprint density at radius 3 is 2.54 bits per heavy atom. The maximum atomic E-state index is 13.3. The fraction of sp³-hybridized carbons (Fsp3) is 0.0345. The van der Waals surface area contributed by atoms with E-state index in [9.17, 15) is 10.1 Å². The number of ether oxygens (including phenoxy) is 1. The van der Waals surface area contributed by atoms with Crippen LogP contribution < -0.4 is 10.3 Å². The van der Waals surface area contributed by atoms with Crippen LogP contribution >= 0.6 is 0 Å². The first-order valence-corrected chi connectivity index (χ1v) is 11.1. The second kappa shape index (κ2) is 9.86. The molecule has 5 aromatic rings. The maximum Gasteiger partial charge on any atom is 0.282 e. The Morgan fingerprint density at radius 1 is 0.914 bits per heavy atom. The van der Waals surface area contributed by atoms with Crippen molar-refractivity contribution in [2.45, 2.75) is 6.61 Å². The van der Waals surface area contributed by atoms with E-state index >= 15 is 0 Å². The predicted octanol–water partition coefficient (Wildman–Crippen LogP) is 5.40. The summed E-state index contributed by atoms with van der Waals surface area (Å²) in [5, 5.41) is 14.3. The number of hydrogen-bond donors (Lipinski definition) is 0. The molecule has 0 saturated heterocycles.